The molecule has 0 heterocycles. The molecule has 0 bridgehead atoms. The Hall–Kier alpha value is -0.556. The van der Waals surface area contributed by atoms with Crippen molar-refractivity contribution in [1.29, 1.82) is 0 Å². The van der Waals surface area contributed by atoms with E-state index in [-0.39, 0.29) is 0 Å². The van der Waals surface area contributed by atoms with Gasteiger partial charge in [0.2, 0.25) is 0 Å². The maximum atomic E-state index is 4.64. The predicted molar refractivity (Wildman–Crippen MR) is 61.5 cm³/mol. The average molecular weight is 252 g/mol. The topological polar surface area (TPSA) is 0 Å². The Morgan fingerprint density at radius 2 is 1.00 bits per heavy atom. The van der Waals surface area contributed by atoms with Gasteiger partial charge in [0.05, 0.1) is 0 Å². The van der Waals surface area contributed by atoms with Crippen LogP contribution in [0.4, 0.5) is 0 Å². The molecule has 2 heteroatoms. The normalized spacial score (nSPS) is 8.80. The second-order valence-electron chi connectivity index (χ2n) is 3.15. The molecule has 0 saturated heterocycles. The smallest absolute Gasteiger partial charge is 0.00258 e. The van der Waals surface area contributed by atoms with E-state index < -0.39 is 0 Å². The Balaban J connectivity index is 0.000000531. The first-order chi connectivity index (χ1) is 7.45. The second-order valence-corrected chi connectivity index (χ2v) is 3.15. The van der Waals surface area contributed by atoms with Crippen molar-refractivity contribution in [3.05, 3.63) is 71.8 Å². The molecule has 0 aromatic heterocycles. The van der Waals surface area contributed by atoms with Gasteiger partial charge in [-0.15, -0.1) is 0 Å². The molecule has 0 spiro atoms. The van der Waals surface area contributed by atoms with Gasteiger partial charge in [-0.3, -0.25) is 0 Å². The third-order valence-corrected chi connectivity index (χ3v) is 2.09. The molecule has 0 aliphatic heterocycles. The molecule has 0 aliphatic rings. The molecule has 0 amide bonds. The van der Waals surface area contributed by atoms with Gasteiger partial charge in [-0.1, -0.05) is 60.7 Å². The van der Waals surface area contributed by atoms with Crippen LogP contribution in [0.2, 0.25) is 0 Å². The van der Waals surface area contributed by atoms with Gasteiger partial charge in [-0.2, -0.15) is 0 Å². The van der Waals surface area contributed by atoms with Crippen LogP contribution in [-0.2, 0) is 25.8 Å². The van der Waals surface area contributed by atoms with Gasteiger partial charge in [-0.25, -0.2) is 0 Å². The Morgan fingerprint density at radius 3 is 1.33 bits per heavy atom. The van der Waals surface area contributed by atoms with Crippen LogP contribution in [0.25, 0.3) is 0 Å². The van der Waals surface area contributed by atoms with E-state index in [9.17, 15) is 0 Å². The van der Waals surface area contributed by atoms with E-state index in [1.807, 2.05) is 0 Å². The fourth-order valence-corrected chi connectivity index (χ4v) is 1.43. The summed E-state index contributed by atoms with van der Waals surface area (Å²) in [5, 5.41) is 0. The van der Waals surface area contributed by atoms with E-state index in [2.05, 4.69) is 70.0 Å². The van der Waals surface area contributed by atoms with E-state index >= 15 is 0 Å². The van der Waals surface area contributed by atoms with E-state index in [0.29, 0.717) is 0 Å². The van der Waals surface area contributed by atoms with Crippen molar-refractivity contribution in [3.8, 4) is 0 Å². The molecule has 0 radical (unpaired) electrons. The average Bonchev–Trinajstić information content (AvgIpc) is 2.34. The minimum Gasteiger partial charge on any atom is -0.0622 e. The van der Waals surface area contributed by atoms with Gasteiger partial charge >= 0.3 is 28.7 Å². The van der Waals surface area contributed by atoms with Gasteiger partial charge in [0.15, 0.2) is 0 Å². The molecule has 0 unspecified atom stereocenters. The summed E-state index contributed by atoms with van der Waals surface area (Å²) in [4.78, 5) is 0. The van der Waals surface area contributed by atoms with Crippen LogP contribution < -0.4 is 0 Å². The number of rotatable bonds is 2. The predicted octanol–water partition coefficient (Wildman–Crippen LogP) is 3.96. The zero-order chi connectivity index (χ0) is 10.9. The summed E-state index contributed by atoms with van der Waals surface area (Å²) >= 11 is 1.47. The maximum absolute atomic E-state index is 4.64. The van der Waals surface area contributed by atoms with E-state index in [4.69, 9.17) is 0 Å². The molecule has 0 nitrogen and oxygen atoms in total. The van der Waals surface area contributed by atoms with Gasteiger partial charge in [-0.05, 0) is 17.5 Å². The zero-order valence-corrected chi connectivity index (χ0v) is 10.7. The summed E-state index contributed by atoms with van der Waals surface area (Å²) in [5.74, 6) is 0. The van der Waals surface area contributed by atoms with E-state index in [0.717, 1.165) is 6.42 Å². The molecule has 2 rings (SSSR count). The SMILES string of the molecule is [Cl][Ti].c1ccc(Cc2ccccc2)cc1. The molecule has 2 aromatic carbocycles. The van der Waals surface area contributed by atoms with Crippen molar-refractivity contribution in [1.82, 2.24) is 0 Å². The number of benzene rings is 2. The summed E-state index contributed by atoms with van der Waals surface area (Å²) in [6.07, 6.45) is 1.03. The Morgan fingerprint density at radius 1 is 0.667 bits per heavy atom. The van der Waals surface area contributed by atoms with Crippen LogP contribution in [0.3, 0.4) is 0 Å². The summed E-state index contributed by atoms with van der Waals surface area (Å²) < 4.78 is 0. The molecule has 0 fully saturated rings. The molecule has 15 heavy (non-hydrogen) atoms. The van der Waals surface area contributed by atoms with Crippen LogP contribution in [0.1, 0.15) is 11.1 Å². The first-order valence-electron chi connectivity index (χ1n) is 4.72. The van der Waals surface area contributed by atoms with E-state index in [1.165, 1.54) is 30.5 Å². The number of halogens is 1. The number of hydrogen-bond donors (Lipinski definition) is 0. The monoisotopic (exact) mass is 251 g/mol. The fourth-order valence-electron chi connectivity index (χ4n) is 1.43. The van der Waals surface area contributed by atoms with Gasteiger partial charge in [0, 0.05) is 0 Å². The summed E-state index contributed by atoms with van der Waals surface area (Å²) in [6.45, 7) is 0. The molecule has 0 aliphatic carbocycles. The van der Waals surface area contributed by atoms with Crippen LogP contribution >= 0.6 is 9.30 Å². The van der Waals surface area contributed by atoms with Crippen molar-refractivity contribution in [3.63, 3.8) is 0 Å². The van der Waals surface area contributed by atoms with Crippen LogP contribution in [-0.4, -0.2) is 0 Å². The van der Waals surface area contributed by atoms with Crippen molar-refractivity contribution < 1.29 is 19.4 Å². The maximum Gasteiger partial charge on any atom is -0.00258 e. The zero-order valence-electron chi connectivity index (χ0n) is 8.36. The van der Waals surface area contributed by atoms with Crippen molar-refractivity contribution in [2.24, 2.45) is 0 Å². The molecule has 0 saturated carbocycles. The third kappa shape index (κ3) is 4.66. The largest absolute Gasteiger partial charge is 0.0622 e. The van der Waals surface area contributed by atoms with Crippen molar-refractivity contribution >= 4 is 9.30 Å². The second kappa shape index (κ2) is 7.70. The van der Waals surface area contributed by atoms with Gasteiger partial charge in [0.1, 0.15) is 0 Å². The Kier molecular flexibility index (Phi) is 6.42. The van der Waals surface area contributed by atoms with Gasteiger partial charge < -0.3 is 0 Å². The van der Waals surface area contributed by atoms with Gasteiger partial charge in [0.25, 0.3) is 0 Å². The molecule has 2 aromatic rings. The number of hydrogen-bond acceptors (Lipinski definition) is 0. The Labute approximate surface area is 107 Å². The summed E-state index contributed by atoms with van der Waals surface area (Å²) in [5.41, 5.74) is 2.74. The molecular formula is C13H12ClTi. The Bertz CT molecular complexity index is 321. The fraction of sp³-hybridized carbons (Fsp3) is 0.0769. The first kappa shape index (κ1) is 12.5. The van der Waals surface area contributed by atoms with Crippen LogP contribution in [0.15, 0.2) is 60.7 Å². The standard InChI is InChI=1S/C13H12.ClH.Ti/c1-3-7-12(8-4-1)11-13-9-5-2-6-10-13;;/h1-10H,11H2;1H;/q;;+1/p-1. The molecule has 0 N–H and O–H groups in total. The minimum atomic E-state index is 1.03. The molecule has 75 valence electrons. The summed E-state index contributed by atoms with van der Waals surface area (Å²) in [6, 6.07) is 21.1. The van der Waals surface area contributed by atoms with Crippen molar-refractivity contribution in [2.45, 2.75) is 6.42 Å². The van der Waals surface area contributed by atoms with E-state index in [1.54, 1.807) is 0 Å². The van der Waals surface area contributed by atoms with Crippen molar-refractivity contribution in [2.75, 3.05) is 0 Å². The molecule has 0 atom stereocenters. The summed E-state index contributed by atoms with van der Waals surface area (Å²) in [7, 11) is 4.64. The minimum absolute atomic E-state index is 1.03. The van der Waals surface area contributed by atoms with Crippen LogP contribution in [0, 0.1) is 0 Å². The quantitative estimate of drug-likeness (QED) is 0.709. The molecular weight excluding hydrogens is 239 g/mol. The third-order valence-electron chi connectivity index (χ3n) is 2.09. The first-order valence-corrected chi connectivity index (χ1v) is 6.87. The van der Waals surface area contributed by atoms with Crippen LogP contribution in [0.5, 0.6) is 0 Å².